The van der Waals surface area contributed by atoms with Crippen molar-refractivity contribution in [2.75, 3.05) is 12.0 Å². The van der Waals surface area contributed by atoms with Crippen molar-refractivity contribution >= 4 is 9.84 Å². The van der Waals surface area contributed by atoms with E-state index in [1.54, 1.807) is 0 Å². The van der Waals surface area contributed by atoms with Crippen molar-refractivity contribution in [1.82, 2.24) is 5.43 Å². The average molecular weight is 220 g/mol. The third-order valence-electron chi connectivity index (χ3n) is 2.62. The molecule has 1 unspecified atom stereocenters. The lowest BCUT2D eigenvalue weighted by molar-refractivity contribution is 0.437. The second-order valence-electron chi connectivity index (χ2n) is 4.31. The highest BCUT2D eigenvalue weighted by molar-refractivity contribution is 7.90. The van der Waals surface area contributed by atoms with Crippen LogP contribution in [-0.2, 0) is 9.84 Å². The molecule has 1 rings (SSSR count). The van der Waals surface area contributed by atoms with Gasteiger partial charge in [0.2, 0.25) is 0 Å². The fourth-order valence-corrected chi connectivity index (χ4v) is 2.31. The lowest BCUT2D eigenvalue weighted by Crippen LogP contribution is -2.35. The number of hydrogen-bond acceptors (Lipinski definition) is 4. The number of nitrogens with one attached hydrogen (secondary N) is 1. The minimum absolute atomic E-state index is 0.274. The first kappa shape index (κ1) is 11.9. The minimum atomic E-state index is -2.81. The molecule has 5 heteroatoms. The predicted molar refractivity (Wildman–Crippen MR) is 57.4 cm³/mol. The van der Waals surface area contributed by atoms with Crippen LogP contribution in [0, 0.1) is 5.92 Å². The maximum Gasteiger partial charge on any atom is 0.147 e. The van der Waals surface area contributed by atoms with Crippen LogP contribution in [0.3, 0.4) is 0 Å². The van der Waals surface area contributed by atoms with Gasteiger partial charge in [-0.2, -0.15) is 0 Å². The van der Waals surface area contributed by atoms with Crippen molar-refractivity contribution in [2.24, 2.45) is 11.8 Å². The van der Waals surface area contributed by atoms with Gasteiger partial charge in [0.1, 0.15) is 9.84 Å². The number of rotatable bonds is 7. The van der Waals surface area contributed by atoms with E-state index in [1.807, 2.05) is 0 Å². The Bertz CT molecular complexity index is 260. The first-order valence-corrected chi connectivity index (χ1v) is 7.21. The molecule has 1 aliphatic carbocycles. The van der Waals surface area contributed by atoms with E-state index in [2.05, 4.69) is 5.43 Å². The van der Waals surface area contributed by atoms with Crippen LogP contribution in [0.15, 0.2) is 0 Å². The Hall–Kier alpha value is -0.130. The van der Waals surface area contributed by atoms with Crippen LogP contribution in [0.1, 0.15) is 32.1 Å². The molecule has 0 bridgehead atoms. The fraction of sp³-hybridized carbons (Fsp3) is 1.00. The maximum absolute atomic E-state index is 10.9. The normalized spacial score (nSPS) is 19.6. The van der Waals surface area contributed by atoms with E-state index < -0.39 is 9.84 Å². The molecule has 0 amide bonds. The van der Waals surface area contributed by atoms with Gasteiger partial charge in [-0.1, -0.05) is 12.8 Å². The second-order valence-corrected chi connectivity index (χ2v) is 6.57. The van der Waals surface area contributed by atoms with Crippen LogP contribution in [0.25, 0.3) is 0 Å². The summed E-state index contributed by atoms with van der Waals surface area (Å²) in [6, 6.07) is 0.296. The summed E-state index contributed by atoms with van der Waals surface area (Å²) in [5.74, 6) is 6.50. The van der Waals surface area contributed by atoms with Crippen LogP contribution >= 0.6 is 0 Å². The zero-order valence-electron chi connectivity index (χ0n) is 8.70. The van der Waals surface area contributed by atoms with E-state index in [9.17, 15) is 8.42 Å². The summed E-state index contributed by atoms with van der Waals surface area (Å²) in [4.78, 5) is 0. The van der Waals surface area contributed by atoms with Crippen molar-refractivity contribution in [1.29, 1.82) is 0 Å². The second kappa shape index (κ2) is 5.09. The van der Waals surface area contributed by atoms with Gasteiger partial charge < -0.3 is 0 Å². The quantitative estimate of drug-likeness (QED) is 0.482. The summed E-state index contributed by atoms with van der Waals surface area (Å²) in [6.45, 7) is 0. The van der Waals surface area contributed by atoms with Gasteiger partial charge in [0.15, 0.2) is 0 Å². The molecule has 0 heterocycles. The molecule has 0 aromatic rings. The molecule has 0 spiro atoms. The molecular formula is C9H20N2O2S. The van der Waals surface area contributed by atoms with Gasteiger partial charge in [-0.05, 0) is 25.2 Å². The zero-order valence-corrected chi connectivity index (χ0v) is 9.52. The summed E-state index contributed by atoms with van der Waals surface area (Å²) in [7, 11) is -2.81. The van der Waals surface area contributed by atoms with Crippen LogP contribution in [0.4, 0.5) is 0 Å². The van der Waals surface area contributed by atoms with Gasteiger partial charge >= 0.3 is 0 Å². The highest BCUT2D eigenvalue weighted by Gasteiger charge is 2.24. The van der Waals surface area contributed by atoms with Crippen LogP contribution in [0.2, 0.25) is 0 Å². The standard InChI is InChI=1S/C9H20N2O2S/c1-14(12,13)6-2-3-9(11-10)7-8-4-5-8/h8-9,11H,2-7,10H2,1H3. The lowest BCUT2D eigenvalue weighted by Gasteiger charge is -2.14. The first-order chi connectivity index (χ1) is 6.51. The zero-order chi connectivity index (χ0) is 10.6. The molecule has 84 valence electrons. The summed E-state index contributed by atoms with van der Waals surface area (Å²) in [5, 5.41) is 0. The molecule has 4 nitrogen and oxygen atoms in total. The van der Waals surface area contributed by atoms with Crippen molar-refractivity contribution in [2.45, 2.75) is 38.1 Å². The van der Waals surface area contributed by atoms with Crippen LogP contribution in [0.5, 0.6) is 0 Å². The molecule has 14 heavy (non-hydrogen) atoms. The number of nitrogens with two attached hydrogens (primary N) is 1. The molecule has 1 fully saturated rings. The van der Waals surface area contributed by atoms with E-state index in [1.165, 1.54) is 19.1 Å². The van der Waals surface area contributed by atoms with E-state index in [0.717, 1.165) is 18.8 Å². The Morgan fingerprint density at radius 3 is 2.57 bits per heavy atom. The highest BCUT2D eigenvalue weighted by atomic mass is 32.2. The summed E-state index contributed by atoms with van der Waals surface area (Å²) < 4.78 is 21.8. The number of sulfone groups is 1. The molecule has 0 aromatic carbocycles. The Kier molecular flexibility index (Phi) is 4.34. The largest absolute Gasteiger partial charge is 0.271 e. The summed E-state index contributed by atoms with van der Waals surface area (Å²) in [5.41, 5.74) is 2.76. The fourth-order valence-electron chi connectivity index (χ4n) is 1.62. The number of hydrogen-bond donors (Lipinski definition) is 2. The van der Waals surface area contributed by atoms with Gasteiger partial charge in [0.25, 0.3) is 0 Å². The van der Waals surface area contributed by atoms with E-state index >= 15 is 0 Å². The Balaban J connectivity index is 2.13. The molecule has 1 saturated carbocycles. The predicted octanol–water partition coefficient (Wildman–Crippen LogP) is 0.443. The van der Waals surface area contributed by atoms with Crippen LogP contribution in [-0.4, -0.2) is 26.5 Å². The molecule has 0 aromatic heterocycles. The van der Waals surface area contributed by atoms with E-state index in [4.69, 9.17) is 5.84 Å². The Morgan fingerprint density at radius 1 is 1.50 bits per heavy atom. The molecule has 0 radical (unpaired) electrons. The molecule has 1 aliphatic rings. The van der Waals surface area contributed by atoms with Crippen molar-refractivity contribution < 1.29 is 8.42 Å². The first-order valence-electron chi connectivity index (χ1n) is 5.15. The van der Waals surface area contributed by atoms with Gasteiger partial charge in [-0.15, -0.1) is 0 Å². The lowest BCUT2D eigenvalue weighted by atomic mass is 10.1. The monoisotopic (exact) mass is 220 g/mol. The smallest absolute Gasteiger partial charge is 0.147 e. The molecule has 0 saturated heterocycles. The molecule has 3 N–H and O–H groups in total. The summed E-state index contributed by atoms with van der Waals surface area (Å²) >= 11 is 0. The average Bonchev–Trinajstić information content (AvgIpc) is 2.84. The SMILES string of the molecule is CS(=O)(=O)CCCC(CC1CC1)NN. The van der Waals surface area contributed by atoms with Crippen molar-refractivity contribution in [3.63, 3.8) is 0 Å². The third kappa shape index (κ3) is 5.57. The Labute approximate surface area is 86.1 Å². The van der Waals surface area contributed by atoms with E-state index in [0.29, 0.717) is 12.5 Å². The summed E-state index contributed by atoms with van der Waals surface area (Å²) in [6.07, 6.45) is 6.56. The van der Waals surface area contributed by atoms with Gasteiger partial charge in [-0.3, -0.25) is 11.3 Å². The van der Waals surface area contributed by atoms with Gasteiger partial charge in [0.05, 0.1) is 0 Å². The third-order valence-corrected chi connectivity index (χ3v) is 3.65. The van der Waals surface area contributed by atoms with Gasteiger partial charge in [0, 0.05) is 18.1 Å². The van der Waals surface area contributed by atoms with Crippen molar-refractivity contribution in [3.05, 3.63) is 0 Å². The maximum atomic E-state index is 10.9. The molecule has 0 aliphatic heterocycles. The minimum Gasteiger partial charge on any atom is -0.271 e. The Morgan fingerprint density at radius 2 is 2.14 bits per heavy atom. The van der Waals surface area contributed by atoms with Gasteiger partial charge in [-0.25, -0.2) is 8.42 Å². The molecular weight excluding hydrogens is 200 g/mol. The number of hydrazine groups is 1. The highest BCUT2D eigenvalue weighted by Crippen LogP contribution is 2.34. The van der Waals surface area contributed by atoms with E-state index in [-0.39, 0.29) is 5.75 Å². The topological polar surface area (TPSA) is 72.2 Å². The van der Waals surface area contributed by atoms with Crippen LogP contribution < -0.4 is 11.3 Å². The van der Waals surface area contributed by atoms with Crippen molar-refractivity contribution in [3.8, 4) is 0 Å². The molecule has 1 atom stereocenters.